The molecule has 1 fully saturated rings. The Kier molecular flexibility index (Phi) is 4.92. The van der Waals surface area contributed by atoms with Gasteiger partial charge in [-0.25, -0.2) is 8.42 Å². The van der Waals surface area contributed by atoms with Crippen LogP contribution in [-0.2, 0) is 17.1 Å². The van der Waals surface area contributed by atoms with Crippen molar-refractivity contribution in [2.24, 2.45) is 7.05 Å². The highest BCUT2D eigenvalue weighted by Crippen LogP contribution is 2.31. The van der Waals surface area contributed by atoms with Crippen molar-refractivity contribution >= 4 is 37.6 Å². The van der Waals surface area contributed by atoms with Crippen LogP contribution in [-0.4, -0.2) is 40.4 Å². The Balaban J connectivity index is 2.39. The van der Waals surface area contributed by atoms with Crippen LogP contribution < -0.4 is 0 Å². The zero-order chi connectivity index (χ0) is 14.0. The lowest BCUT2D eigenvalue weighted by atomic mass is 10.2. The molecule has 1 heterocycles. The molecular weight excluding hydrogens is 354 g/mol. The van der Waals surface area contributed by atoms with E-state index >= 15 is 0 Å². The number of aromatic nitrogens is 2. The molecule has 5 nitrogen and oxygen atoms in total. The highest BCUT2D eigenvalue weighted by molar-refractivity contribution is 9.09. The SMILES string of the molecule is Cn1ncc(Cl)c1S(=O)(=O)N(CCBr)C1CCCC1. The second-order valence-electron chi connectivity index (χ2n) is 4.66. The summed E-state index contributed by atoms with van der Waals surface area (Å²) in [6.45, 7) is 0.453. The average Bonchev–Trinajstić information content (AvgIpc) is 2.96. The van der Waals surface area contributed by atoms with Crippen molar-refractivity contribution in [1.82, 2.24) is 14.1 Å². The Hall–Kier alpha value is -0.110. The number of halogens is 2. The van der Waals surface area contributed by atoms with Crippen molar-refractivity contribution < 1.29 is 8.42 Å². The molecule has 0 bridgehead atoms. The minimum atomic E-state index is -3.59. The molecule has 19 heavy (non-hydrogen) atoms. The van der Waals surface area contributed by atoms with Crippen LogP contribution in [0, 0.1) is 0 Å². The molecule has 1 saturated carbocycles. The fourth-order valence-corrected chi connectivity index (χ4v) is 5.49. The number of aryl methyl sites for hydroxylation is 1. The Morgan fingerprint density at radius 3 is 2.63 bits per heavy atom. The van der Waals surface area contributed by atoms with E-state index in [1.165, 1.54) is 10.9 Å². The quantitative estimate of drug-likeness (QED) is 0.748. The van der Waals surface area contributed by atoms with E-state index in [9.17, 15) is 8.42 Å². The molecule has 1 aliphatic carbocycles. The van der Waals surface area contributed by atoms with Gasteiger partial charge >= 0.3 is 0 Å². The van der Waals surface area contributed by atoms with Gasteiger partial charge in [0.25, 0.3) is 10.0 Å². The normalized spacial score (nSPS) is 17.5. The first kappa shape index (κ1) is 15.3. The van der Waals surface area contributed by atoms with Gasteiger partial charge in [-0.1, -0.05) is 40.4 Å². The number of alkyl halides is 1. The van der Waals surface area contributed by atoms with Crippen LogP contribution in [0.25, 0.3) is 0 Å². The summed E-state index contributed by atoms with van der Waals surface area (Å²) in [5.74, 6) is 0. The summed E-state index contributed by atoms with van der Waals surface area (Å²) in [4.78, 5) is 0. The lowest BCUT2D eigenvalue weighted by Gasteiger charge is -2.27. The van der Waals surface area contributed by atoms with E-state index in [4.69, 9.17) is 11.6 Å². The predicted molar refractivity (Wildman–Crippen MR) is 78.2 cm³/mol. The van der Waals surface area contributed by atoms with E-state index in [1.54, 1.807) is 11.4 Å². The Bertz CT molecular complexity index is 521. The molecule has 2 rings (SSSR count). The maximum Gasteiger partial charge on any atom is 0.262 e. The van der Waals surface area contributed by atoms with Gasteiger partial charge in [0.1, 0.15) is 0 Å². The van der Waals surface area contributed by atoms with Crippen LogP contribution in [0.1, 0.15) is 25.7 Å². The zero-order valence-electron chi connectivity index (χ0n) is 10.7. The van der Waals surface area contributed by atoms with E-state index in [0.29, 0.717) is 11.9 Å². The molecule has 108 valence electrons. The minimum Gasteiger partial charge on any atom is -0.255 e. The lowest BCUT2D eigenvalue weighted by molar-refractivity contribution is 0.335. The van der Waals surface area contributed by atoms with Gasteiger partial charge < -0.3 is 0 Å². The second kappa shape index (κ2) is 6.11. The monoisotopic (exact) mass is 369 g/mol. The molecule has 1 aromatic heterocycles. The summed E-state index contributed by atoms with van der Waals surface area (Å²) >= 11 is 9.31. The molecule has 0 radical (unpaired) electrons. The molecule has 0 N–H and O–H groups in total. The Morgan fingerprint density at radius 2 is 2.16 bits per heavy atom. The van der Waals surface area contributed by atoms with Crippen LogP contribution in [0.4, 0.5) is 0 Å². The Morgan fingerprint density at radius 1 is 1.53 bits per heavy atom. The van der Waals surface area contributed by atoms with Crippen LogP contribution in [0.15, 0.2) is 11.2 Å². The second-order valence-corrected chi connectivity index (χ2v) is 7.67. The molecular formula is C11H17BrClN3O2S. The van der Waals surface area contributed by atoms with E-state index in [2.05, 4.69) is 21.0 Å². The molecule has 0 atom stereocenters. The van der Waals surface area contributed by atoms with Crippen molar-refractivity contribution in [3.63, 3.8) is 0 Å². The van der Waals surface area contributed by atoms with E-state index in [-0.39, 0.29) is 16.1 Å². The van der Waals surface area contributed by atoms with Crippen molar-refractivity contribution in [3.8, 4) is 0 Å². The lowest BCUT2D eigenvalue weighted by Crippen LogP contribution is -2.40. The van der Waals surface area contributed by atoms with Gasteiger partial charge in [0, 0.05) is 25.0 Å². The van der Waals surface area contributed by atoms with E-state index in [1.807, 2.05) is 0 Å². The summed E-state index contributed by atoms with van der Waals surface area (Å²) in [5.41, 5.74) is 0. The van der Waals surface area contributed by atoms with E-state index in [0.717, 1.165) is 25.7 Å². The first-order valence-electron chi connectivity index (χ1n) is 6.23. The third-order valence-corrected chi connectivity index (χ3v) is 6.25. The van der Waals surface area contributed by atoms with Crippen LogP contribution in [0.3, 0.4) is 0 Å². The number of rotatable bonds is 5. The van der Waals surface area contributed by atoms with Crippen LogP contribution >= 0.6 is 27.5 Å². The van der Waals surface area contributed by atoms with Gasteiger partial charge in [-0.15, -0.1) is 0 Å². The topological polar surface area (TPSA) is 55.2 Å². The summed E-state index contributed by atoms with van der Waals surface area (Å²) < 4.78 is 28.4. The van der Waals surface area contributed by atoms with Crippen LogP contribution in [0.2, 0.25) is 5.02 Å². The fraction of sp³-hybridized carbons (Fsp3) is 0.727. The number of nitrogens with zero attached hydrogens (tertiary/aromatic N) is 3. The summed E-state index contributed by atoms with van der Waals surface area (Å²) in [7, 11) is -2.00. The average molecular weight is 371 g/mol. The molecule has 0 aromatic carbocycles. The van der Waals surface area contributed by atoms with E-state index < -0.39 is 10.0 Å². The standard InChI is InChI=1S/C11H17BrClN3O2S/c1-15-11(10(13)8-14-15)19(17,18)16(7-6-12)9-4-2-3-5-9/h8-9H,2-7H2,1H3. The van der Waals surface area contributed by atoms with Gasteiger partial charge in [0.2, 0.25) is 0 Å². The Labute approximate surface area is 127 Å². The molecule has 0 saturated heterocycles. The molecule has 1 aromatic rings. The van der Waals surface area contributed by atoms with Crippen LogP contribution in [0.5, 0.6) is 0 Å². The predicted octanol–water partition coefficient (Wildman–Crippen LogP) is 2.40. The third-order valence-electron chi connectivity index (χ3n) is 3.43. The summed E-state index contributed by atoms with van der Waals surface area (Å²) in [6.07, 6.45) is 5.37. The van der Waals surface area contributed by atoms with Crippen molar-refractivity contribution in [2.45, 2.75) is 36.8 Å². The molecule has 1 aliphatic rings. The highest BCUT2D eigenvalue weighted by atomic mass is 79.9. The molecule has 0 unspecified atom stereocenters. The number of hydrogen-bond acceptors (Lipinski definition) is 3. The van der Waals surface area contributed by atoms with Gasteiger partial charge in [-0.05, 0) is 12.8 Å². The molecule has 0 spiro atoms. The first-order chi connectivity index (χ1) is 8.98. The summed E-state index contributed by atoms with van der Waals surface area (Å²) in [5, 5.41) is 4.79. The van der Waals surface area contributed by atoms with Gasteiger partial charge in [0.05, 0.1) is 11.2 Å². The smallest absolute Gasteiger partial charge is 0.255 e. The number of sulfonamides is 1. The van der Waals surface area contributed by atoms with Gasteiger partial charge in [-0.2, -0.15) is 9.40 Å². The third kappa shape index (κ3) is 2.99. The largest absolute Gasteiger partial charge is 0.262 e. The fourth-order valence-electron chi connectivity index (χ4n) is 2.58. The first-order valence-corrected chi connectivity index (χ1v) is 9.17. The van der Waals surface area contributed by atoms with Crippen molar-refractivity contribution in [3.05, 3.63) is 11.2 Å². The zero-order valence-corrected chi connectivity index (χ0v) is 13.9. The maximum atomic E-state index is 12.8. The van der Waals surface area contributed by atoms with Gasteiger partial charge in [0.15, 0.2) is 5.03 Å². The van der Waals surface area contributed by atoms with Crippen molar-refractivity contribution in [1.29, 1.82) is 0 Å². The van der Waals surface area contributed by atoms with Gasteiger partial charge in [-0.3, -0.25) is 4.68 Å². The maximum absolute atomic E-state index is 12.8. The molecule has 0 aliphatic heterocycles. The minimum absolute atomic E-state index is 0.0773. The number of hydrogen-bond donors (Lipinski definition) is 0. The van der Waals surface area contributed by atoms with Crippen molar-refractivity contribution in [2.75, 3.05) is 11.9 Å². The molecule has 8 heteroatoms. The highest BCUT2D eigenvalue weighted by Gasteiger charge is 2.35. The summed E-state index contributed by atoms with van der Waals surface area (Å²) in [6, 6.07) is 0.0773. The molecule has 0 amide bonds.